The van der Waals surface area contributed by atoms with Gasteiger partial charge in [0.1, 0.15) is 0 Å². The van der Waals surface area contributed by atoms with Gasteiger partial charge in [0.25, 0.3) is 0 Å². The summed E-state index contributed by atoms with van der Waals surface area (Å²) in [6, 6.07) is 5.32. The number of hydrogen-bond donors (Lipinski definition) is 0. The number of Topliss-reactive ketones (excluding diaryl/α,β-unsaturated/α-hetero) is 1. The number of ketones is 1. The van der Waals surface area contributed by atoms with Crippen molar-refractivity contribution in [3.63, 3.8) is 0 Å². The Kier molecular flexibility index (Phi) is 5.57. The van der Waals surface area contributed by atoms with Crippen LogP contribution in [0.1, 0.15) is 34.3 Å². The van der Waals surface area contributed by atoms with E-state index < -0.39 is 0 Å². The Morgan fingerprint density at radius 2 is 2.15 bits per heavy atom. The molecule has 6 heteroatoms. The number of nitrogens with zero attached hydrogens (tertiary/aromatic N) is 3. The van der Waals surface area contributed by atoms with Gasteiger partial charge in [-0.2, -0.15) is 5.10 Å². The first-order valence-electron chi connectivity index (χ1n) is 8.70. The molecule has 0 spiro atoms. The highest BCUT2D eigenvalue weighted by Crippen LogP contribution is 2.24. The minimum Gasteiger partial charge on any atom is -0.338 e. The quantitative estimate of drug-likeness (QED) is 0.610. The summed E-state index contributed by atoms with van der Waals surface area (Å²) >= 11 is 5.98. The highest BCUT2D eigenvalue weighted by atomic mass is 35.5. The van der Waals surface area contributed by atoms with E-state index in [1.165, 1.54) is 0 Å². The standard InChI is InChI=1S/C20H22ClN3O2/c1-14-10-17(21)6-7-18(14)20(26)16-4-3-9-24(13-16)19(25)8-5-15-11-22-23(2)12-15/h5-8,10-12,16H,3-4,9,13H2,1-2H3/b8-5+. The van der Waals surface area contributed by atoms with E-state index >= 15 is 0 Å². The topological polar surface area (TPSA) is 55.2 Å². The fourth-order valence-corrected chi connectivity index (χ4v) is 3.54. The van der Waals surface area contributed by atoms with Crippen LogP contribution in [0.15, 0.2) is 36.7 Å². The van der Waals surface area contributed by atoms with Crippen LogP contribution in [-0.2, 0) is 11.8 Å². The van der Waals surface area contributed by atoms with Crippen LogP contribution in [0, 0.1) is 12.8 Å². The van der Waals surface area contributed by atoms with Crippen molar-refractivity contribution in [2.24, 2.45) is 13.0 Å². The van der Waals surface area contributed by atoms with E-state index in [0.29, 0.717) is 23.7 Å². The predicted molar refractivity (Wildman–Crippen MR) is 102 cm³/mol. The number of benzene rings is 1. The fraction of sp³-hybridized carbons (Fsp3) is 0.350. The van der Waals surface area contributed by atoms with Crippen LogP contribution < -0.4 is 0 Å². The SMILES string of the molecule is Cc1cc(Cl)ccc1C(=O)C1CCCN(C(=O)/C=C/c2cnn(C)c2)C1. The molecular formula is C20H22ClN3O2. The van der Waals surface area contributed by atoms with E-state index in [1.54, 1.807) is 46.1 Å². The molecule has 1 aromatic heterocycles. The second kappa shape index (κ2) is 7.87. The van der Waals surface area contributed by atoms with Crippen molar-refractivity contribution in [2.45, 2.75) is 19.8 Å². The van der Waals surface area contributed by atoms with Crippen molar-refractivity contribution in [3.05, 3.63) is 58.4 Å². The molecule has 2 heterocycles. The van der Waals surface area contributed by atoms with Gasteiger partial charge >= 0.3 is 0 Å². The molecule has 1 amide bonds. The molecule has 1 unspecified atom stereocenters. The molecule has 0 radical (unpaired) electrons. The van der Waals surface area contributed by atoms with Crippen LogP contribution in [0.4, 0.5) is 0 Å². The van der Waals surface area contributed by atoms with Crippen LogP contribution in [0.2, 0.25) is 5.02 Å². The average molecular weight is 372 g/mol. The average Bonchev–Trinajstić information content (AvgIpc) is 3.04. The molecule has 26 heavy (non-hydrogen) atoms. The molecule has 1 aliphatic heterocycles. The summed E-state index contributed by atoms with van der Waals surface area (Å²) in [5.41, 5.74) is 2.45. The molecule has 2 aromatic rings. The van der Waals surface area contributed by atoms with Gasteiger partial charge in [0.15, 0.2) is 5.78 Å². The number of piperidine rings is 1. The van der Waals surface area contributed by atoms with Crippen molar-refractivity contribution < 1.29 is 9.59 Å². The zero-order chi connectivity index (χ0) is 18.7. The Morgan fingerprint density at radius 1 is 1.35 bits per heavy atom. The molecular weight excluding hydrogens is 350 g/mol. The first-order chi connectivity index (χ1) is 12.4. The zero-order valence-corrected chi connectivity index (χ0v) is 15.7. The number of likely N-dealkylation sites (tertiary alicyclic amines) is 1. The van der Waals surface area contributed by atoms with Gasteiger partial charge in [0, 0.05) is 54.5 Å². The number of rotatable bonds is 4. The van der Waals surface area contributed by atoms with Crippen molar-refractivity contribution >= 4 is 29.4 Å². The molecule has 0 aliphatic carbocycles. The largest absolute Gasteiger partial charge is 0.338 e. The molecule has 1 atom stereocenters. The van der Waals surface area contributed by atoms with Crippen molar-refractivity contribution in [1.29, 1.82) is 0 Å². The Labute approximate surface area is 158 Å². The highest BCUT2D eigenvalue weighted by Gasteiger charge is 2.28. The second-order valence-electron chi connectivity index (χ2n) is 6.73. The summed E-state index contributed by atoms with van der Waals surface area (Å²) in [7, 11) is 1.83. The van der Waals surface area contributed by atoms with Gasteiger partial charge in [-0.15, -0.1) is 0 Å². The van der Waals surface area contributed by atoms with E-state index in [2.05, 4.69) is 5.10 Å². The lowest BCUT2D eigenvalue weighted by atomic mass is 9.88. The molecule has 0 N–H and O–H groups in total. The van der Waals surface area contributed by atoms with E-state index in [9.17, 15) is 9.59 Å². The Hall–Kier alpha value is -2.40. The van der Waals surface area contributed by atoms with Crippen LogP contribution in [-0.4, -0.2) is 39.5 Å². The van der Waals surface area contributed by atoms with E-state index in [1.807, 2.05) is 20.2 Å². The fourth-order valence-electron chi connectivity index (χ4n) is 3.31. The summed E-state index contributed by atoms with van der Waals surface area (Å²) in [5, 5.41) is 4.70. The van der Waals surface area contributed by atoms with Crippen molar-refractivity contribution in [3.8, 4) is 0 Å². The van der Waals surface area contributed by atoms with Gasteiger partial charge in [-0.1, -0.05) is 11.6 Å². The van der Waals surface area contributed by atoms with Crippen LogP contribution in [0.5, 0.6) is 0 Å². The maximum Gasteiger partial charge on any atom is 0.246 e. The van der Waals surface area contributed by atoms with Gasteiger partial charge < -0.3 is 4.90 Å². The van der Waals surface area contributed by atoms with Crippen LogP contribution >= 0.6 is 11.6 Å². The minimum absolute atomic E-state index is 0.0702. The number of aromatic nitrogens is 2. The molecule has 5 nitrogen and oxygen atoms in total. The molecule has 1 aliphatic rings. The lowest BCUT2D eigenvalue weighted by Gasteiger charge is -2.31. The summed E-state index contributed by atoms with van der Waals surface area (Å²) in [6.07, 6.45) is 8.49. The summed E-state index contributed by atoms with van der Waals surface area (Å²) < 4.78 is 1.69. The predicted octanol–water partition coefficient (Wildman–Crippen LogP) is 3.52. The minimum atomic E-state index is -0.167. The first-order valence-corrected chi connectivity index (χ1v) is 9.08. The molecule has 3 rings (SSSR count). The third-order valence-corrected chi connectivity index (χ3v) is 4.94. The van der Waals surface area contributed by atoms with Crippen molar-refractivity contribution in [1.82, 2.24) is 14.7 Å². The number of carbonyl (C=O) groups excluding carboxylic acids is 2. The van der Waals surface area contributed by atoms with E-state index in [0.717, 1.165) is 24.0 Å². The summed E-state index contributed by atoms with van der Waals surface area (Å²) in [6.45, 7) is 3.03. The summed E-state index contributed by atoms with van der Waals surface area (Å²) in [5.74, 6) is -0.147. The zero-order valence-electron chi connectivity index (χ0n) is 15.0. The lowest BCUT2D eigenvalue weighted by Crippen LogP contribution is -2.41. The van der Waals surface area contributed by atoms with Gasteiger partial charge in [0.2, 0.25) is 5.91 Å². The van der Waals surface area contributed by atoms with Gasteiger partial charge in [0.05, 0.1) is 6.20 Å². The maximum absolute atomic E-state index is 12.9. The van der Waals surface area contributed by atoms with E-state index in [4.69, 9.17) is 11.6 Å². The number of amides is 1. The Bertz CT molecular complexity index is 856. The van der Waals surface area contributed by atoms with E-state index in [-0.39, 0.29) is 17.6 Å². The van der Waals surface area contributed by atoms with Gasteiger partial charge in [-0.25, -0.2) is 0 Å². The number of hydrogen-bond acceptors (Lipinski definition) is 3. The number of carbonyl (C=O) groups is 2. The molecule has 136 valence electrons. The number of halogens is 1. The normalized spacial score (nSPS) is 17.7. The lowest BCUT2D eigenvalue weighted by molar-refractivity contribution is -0.127. The number of aryl methyl sites for hydroxylation is 2. The highest BCUT2D eigenvalue weighted by molar-refractivity contribution is 6.30. The molecule has 0 bridgehead atoms. The molecule has 1 saturated heterocycles. The van der Waals surface area contributed by atoms with Crippen LogP contribution in [0.3, 0.4) is 0 Å². The smallest absolute Gasteiger partial charge is 0.246 e. The maximum atomic E-state index is 12.9. The van der Waals surface area contributed by atoms with Gasteiger partial charge in [-0.3, -0.25) is 14.3 Å². The first kappa shape index (κ1) is 18.4. The van der Waals surface area contributed by atoms with Gasteiger partial charge in [-0.05, 0) is 49.6 Å². The third-order valence-electron chi connectivity index (χ3n) is 4.70. The molecule has 0 saturated carbocycles. The monoisotopic (exact) mass is 371 g/mol. The molecule has 1 fully saturated rings. The van der Waals surface area contributed by atoms with Crippen molar-refractivity contribution in [2.75, 3.05) is 13.1 Å². The Morgan fingerprint density at radius 3 is 2.85 bits per heavy atom. The summed E-state index contributed by atoms with van der Waals surface area (Å²) in [4.78, 5) is 27.1. The van der Waals surface area contributed by atoms with Crippen LogP contribution in [0.25, 0.3) is 6.08 Å². The Balaban J connectivity index is 1.67. The molecule has 1 aromatic carbocycles. The third kappa shape index (κ3) is 4.22. The second-order valence-corrected chi connectivity index (χ2v) is 7.16.